The molecule has 6 heterocycles. The maximum Gasteiger partial charge on any atom is 0.508 e. The molecule has 0 saturated carbocycles. The van der Waals surface area contributed by atoms with Gasteiger partial charge in [-0.2, -0.15) is 0 Å². The molecule has 2 atom stereocenters. The van der Waals surface area contributed by atoms with Crippen molar-refractivity contribution in [2.75, 3.05) is 19.8 Å². The van der Waals surface area contributed by atoms with E-state index in [0.717, 1.165) is 38.7 Å². The molecule has 0 radical (unpaired) electrons. The fourth-order valence-corrected chi connectivity index (χ4v) is 7.93. The Morgan fingerprint density at radius 2 is 1.24 bits per heavy atom. The Balaban J connectivity index is 0.000000184. The summed E-state index contributed by atoms with van der Waals surface area (Å²) in [5.41, 5.74) is 6.08. The maximum absolute atomic E-state index is 13.0. The van der Waals surface area contributed by atoms with Crippen LogP contribution < -0.4 is 11.1 Å². The van der Waals surface area contributed by atoms with Crippen molar-refractivity contribution < 1.29 is 19.4 Å². The normalized spacial score (nSPS) is 17.0. The predicted octanol–water partition coefficient (Wildman–Crippen LogP) is 6.04. The average molecular weight is 814 g/mol. The Hall–Kier alpha value is -4.79. The zero-order valence-corrected chi connectivity index (χ0v) is 30.2. The molecule has 12 nitrogen and oxygen atoms in total. The molecule has 51 heavy (non-hydrogen) atoms. The monoisotopic (exact) mass is 812 g/mol. The molecule has 0 spiro atoms. The molecule has 2 aliphatic heterocycles. The van der Waals surface area contributed by atoms with Crippen molar-refractivity contribution in [1.82, 2.24) is 29.1 Å². The number of aliphatic hydroxyl groups is 1. The molecule has 2 aromatic carbocycles. The van der Waals surface area contributed by atoms with Gasteiger partial charge in [0.05, 0.1) is 29.7 Å². The molecule has 14 heteroatoms. The first-order valence-corrected chi connectivity index (χ1v) is 18.1. The lowest BCUT2D eigenvalue weighted by Crippen LogP contribution is -2.28. The topological polar surface area (TPSA) is 151 Å². The lowest BCUT2D eigenvalue weighted by Gasteiger charge is -2.16. The van der Waals surface area contributed by atoms with Gasteiger partial charge in [-0.05, 0) is 79.1 Å². The molecule has 4 aromatic heterocycles. The number of aryl methyl sites for hydroxylation is 2. The van der Waals surface area contributed by atoms with Crippen molar-refractivity contribution in [2.45, 2.75) is 43.7 Å². The van der Waals surface area contributed by atoms with Crippen LogP contribution in [-0.4, -0.2) is 60.2 Å². The largest absolute Gasteiger partial charge is 0.508 e. The fourth-order valence-electron chi connectivity index (χ4n) is 7.29. The zero-order valence-electron chi connectivity index (χ0n) is 27.0. The molecular weight excluding hydrogens is 784 g/mol. The van der Waals surface area contributed by atoms with Crippen molar-refractivity contribution in [2.24, 2.45) is 0 Å². The Bertz CT molecular complexity index is 2420. The minimum Gasteiger partial charge on any atom is -0.433 e. The Kier molecular flexibility index (Phi) is 8.98. The number of halogens is 2. The number of ether oxygens (including phenoxy) is 2. The second-order valence-electron chi connectivity index (χ2n) is 12.6. The summed E-state index contributed by atoms with van der Waals surface area (Å²) in [7, 11) is 0. The first-order chi connectivity index (χ1) is 24.8. The van der Waals surface area contributed by atoms with Crippen LogP contribution >= 0.6 is 31.9 Å². The summed E-state index contributed by atoms with van der Waals surface area (Å²) >= 11 is 6.68. The molecule has 3 aliphatic rings. The number of fused-ring (bicyclic) bond motifs is 7. The number of hydrogen-bond donors (Lipinski definition) is 1. The Morgan fingerprint density at radius 3 is 1.78 bits per heavy atom. The van der Waals surface area contributed by atoms with E-state index in [2.05, 4.69) is 76.1 Å². The smallest absolute Gasteiger partial charge is 0.433 e. The van der Waals surface area contributed by atoms with E-state index < -0.39 is 6.16 Å². The number of aromatic nitrogens is 6. The number of rotatable bonds is 5. The van der Waals surface area contributed by atoms with Gasteiger partial charge in [0, 0.05) is 40.1 Å². The number of hydrogen-bond acceptors (Lipinski definition) is 10. The third-order valence-electron chi connectivity index (χ3n) is 9.63. The van der Waals surface area contributed by atoms with Gasteiger partial charge < -0.3 is 14.6 Å². The van der Waals surface area contributed by atoms with Crippen molar-refractivity contribution in [3.8, 4) is 11.1 Å². The first kappa shape index (κ1) is 33.4. The quantitative estimate of drug-likeness (QED) is 0.204. The lowest BCUT2D eigenvalue weighted by molar-refractivity contribution is 0.0442. The number of aliphatic hydroxyl groups excluding tert-OH is 1. The lowest BCUT2D eigenvalue weighted by atomic mass is 9.98. The third kappa shape index (κ3) is 6.14. The molecule has 0 fully saturated rings. The van der Waals surface area contributed by atoms with Gasteiger partial charge in [0.1, 0.15) is 24.9 Å². The van der Waals surface area contributed by atoms with Gasteiger partial charge in [-0.15, -0.1) is 0 Å². The van der Waals surface area contributed by atoms with E-state index in [9.17, 15) is 19.5 Å². The van der Waals surface area contributed by atoms with E-state index in [1.54, 1.807) is 33.7 Å². The van der Waals surface area contributed by atoms with Crippen LogP contribution in [0.3, 0.4) is 0 Å². The van der Waals surface area contributed by atoms with Crippen LogP contribution in [0.15, 0.2) is 91.6 Å². The van der Waals surface area contributed by atoms with Gasteiger partial charge in [0.25, 0.3) is 11.1 Å². The highest BCUT2D eigenvalue weighted by atomic mass is 79.9. The van der Waals surface area contributed by atoms with Gasteiger partial charge in [-0.3, -0.25) is 18.7 Å². The van der Waals surface area contributed by atoms with Crippen LogP contribution in [0.4, 0.5) is 4.79 Å². The first-order valence-electron chi connectivity index (χ1n) is 16.5. The van der Waals surface area contributed by atoms with Gasteiger partial charge in [0.15, 0.2) is 11.0 Å². The van der Waals surface area contributed by atoms with E-state index in [4.69, 9.17) is 9.47 Å². The van der Waals surface area contributed by atoms with Crippen LogP contribution in [-0.2, 0) is 22.3 Å². The summed E-state index contributed by atoms with van der Waals surface area (Å²) in [6.45, 7) is 0.211. The van der Waals surface area contributed by atoms with Gasteiger partial charge in [-0.25, -0.2) is 24.7 Å². The molecule has 1 N–H and O–H groups in total. The molecule has 258 valence electrons. The highest BCUT2D eigenvalue weighted by molar-refractivity contribution is 9.10. The third-order valence-corrected chi connectivity index (χ3v) is 10.5. The molecule has 0 bridgehead atoms. The number of carbonyl (C=O) groups is 1. The average Bonchev–Trinajstić information content (AvgIpc) is 3.84. The molecule has 9 rings (SSSR count). The summed E-state index contributed by atoms with van der Waals surface area (Å²) in [6.07, 6.45) is 5.21. The molecular formula is C37H30Br2N6O6. The summed E-state index contributed by atoms with van der Waals surface area (Å²) in [6, 6.07) is 19.5. The van der Waals surface area contributed by atoms with E-state index in [-0.39, 0.29) is 48.9 Å². The van der Waals surface area contributed by atoms with E-state index in [1.807, 2.05) is 24.3 Å². The van der Waals surface area contributed by atoms with Crippen molar-refractivity contribution in [3.63, 3.8) is 0 Å². The van der Waals surface area contributed by atoms with Crippen LogP contribution in [0, 0.1) is 0 Å². The molecule has 6 aromatic rings. The Labute approximate surface area is 307 Å². The highest BCUT2D eigenvalue weighted by Crippen LogP contribution is 2.44. The summed E-state index contributed by atoms with van der Waals surface area (Å²) in [5.74, 6) is 1.38. The number of benzene rings is 2. The van der Waals surface area contributed by atoms with Gasteiger partial charge in [0.2, 0.25) is 0 Å². The number of nitrogens with zero attached hydrogens (tertiary/aromatic N) is 6. The highest BCUT2D eigenvalue weighted by Gasteiger charge is 2.31. The van der Waals surface area contributed by atoms with Crippen molar-refractivity contribution >= 4 is 60.1 Å². The summed E-state index contributed by atoms with van der Waals surface area (Å²) < 4.78 is 15.7. The predicted molar refractivity (Wildman–Crippen MR) is 196 cm³/mol. The van der Waals surface area contributed by atoms with Crippen LogP contribution in [0.25, 0.3) is 33.2 Å². The van der Waals surface area contributed by atoms with Gasteiger partial charge in [-0.1, -0.05) is 48.5 Å². The number of carbonyl (C=O) groups excluding carboxylic acids is 1. The maximum atomic E-state index is 13.0. The van der Waals surface area contributed by atoms with E-state index >= 15 is 0 Å². The second kappa shape index (κ2) is 13.7. The van der Waals surface area contributed by atoms with Crippen molar-refractivity contribution in [3.05, 3.63) is 125 Å². The van der Waals surface area contributed by atoms with Gasteiger partial charge >= 0.3 is 6.16 Å². The van der Waals surface area contributed by atoms with Crippen LogP contribution in [0.2, 0.25) is 0 Å². The molecule has 1 aliphatic carbocycles. The minimum absolute atomic E-state index is 0.0311. The summed E-state index contributed by atoms with van der Waals surface area (Å²) in [4.78, 5) is 55.0. The SMILES string of the molecule is O=C(OCC1c2ccccc2-c2ccccc21)OCC1CCc2nc3cc(Br)cnc3c(=O)n21.O=c1c2ncc(Br)cc2nc2n1C(CO)CC2. The van der Waals surface area contributed by atoms with Crippen LogP contribution in [0.1, 0.15) is 53.6 Å². The summed E-state index contributed by atoms with van der Waals surface area (Å²) in [5, 5.41) is 9.24. The molecule has 2 unspecified atom stereocenters. The minimum atomic E-state index is -0.737. The molecule has 0 amide bonds. The van der Waals surface area contributed by atoms with Crippen LogP contribution in [0.5, 0.6) is 0 Å². The van der Waals surface area contributed by atoms with E-state index in [1.165, 1.54) is 11.1 Å². The zero-order chi connectivity index (χ0) is 35.2. The van der Waals surface area contributed by atoms with Crippen molar-refractivity contribution in [1.29, 1.82) is 0 Å². The second-order valence-corrected chi connectivity index (χ2v) is 14.4. The number of pyridine rings is 2. The standard InChI is InChI=1S/C26H20BrN3O4.C11H10BrN3O2/c27-15-11-22-24(28-12-15)25(31)30-16(9-10-23(30)29-22)13-33-26(32)34-14-21-19-7-3-1-5-17(19)18-6-2-4-8-20(18)21;12-6-3-8-10(13-4-6)11(17)15-7(5-16)1-2-9(15)14-8/h1-8,11-12,16,21H,9-10,13-14H2;3-4,7,16H,1-2,5H2. The molecule has 0 saturated heterocycles. The van der Waals surface area contributed by atoms with E-state index in [0.29, 0.717) is 40.7 Å². The Morgan fingerprint density at radius 1 is 0.745 bits per heavy atom. The fraction of sp³-hybridized carbons (Fsp3) is 0.270.